The minimum Gasteiger partial charge on any atom is -0.346 e. The molecule has 0 aliphatic heterocycles. The van der Waals surface area contributed by atoms with E-state index in [0.717, 1.165) is 22.4 Å². The number of aryl methyl sites for hydroxylation is 2. The number of nitrogens with zero attached hydrogens (tertiary/aromatic N) is 1. The van der Waals surface area contributed by atoms with Crippen LogP contribution in [0.3, 0.4) is 0 Å². The third-order valence-electron chi connectivity index (χ3n) is 4.74. The van der Waals surface area contributed by atoms with Crippen LogP contribution in [0, 0.1) is 13.8 Å². The second-order valence-corrected chi connectivity index (χ2v) is 7.08. The van der Waals surface area contributed by atoms with E-state index in [1.165, 1.54) is 0 Å². The molecular weight excluding hydrogens is 350 g/mol. The number of aromatic amines is 1. The number of hydrogen-bond acceptors (Lipinski definition) is 3. The Kier molecular flexibility index (Phi) is 6.04. The summed E-state index contributed by atoms with van der Waals surface area (Å²) in [7, 11) is 0. The number of imidazole rings is 1. The molecule has 3 rings (SSSR count). The van der Waals surface area contributed by atoms with Crippen LogP contribution in [0.1, 0.15) is 53.1 Å². The first-order valence-electron chi connectivity index (χ1n) is 9.44. The number of aromatic nitrogens is 2. The van der Waals surface area contributed by atoms with E-state index in [-0.39, 0.29) is 30.6 Å². The number of H-pyrrole nitrogens is 1. The zero-order chi connectivity index (χ0) is 20.1. The smallest absolute Gasteiger partial charge is 0.221 e. The van der Waals surface area contributed by atoms with Crippen molar-refractivity contribution >= 4 is 11.7 Å². The molecule has 2 N–H and O–H groups in total. The highest BCUT2D eigenvalue weighted by Crippen LogP contribution is 2.19. The molecule has 1 heterocycles. The Labute approximate surface area is 165 Å². The molecule has 2 aromatic carbocycles. The lowest BCUT2D eigenvalue weighted by Crippen LogP contribution is -2.27. The van der Waals surface area contributed by atoms with E-state index in [9.17, 15) is 9.59 Å². The maximum atomic E-state index is 12.4. The Balaban J connectivity index is 1.55. The molecule has 1 atom stereocenters. The van der Waals surface area contributed by atoms with Crippen molar-refractivity contribution < 1.29 is 9.59 Å². The van der Waals surface area contributed by atoms with Gasteiger partial charge in [0.1, 0.15) is 5.82 Å². The number of rotatable bonds is 7. The van der Waals surface area contributed by atoms with Gasteiger partial charge < -0.3 is 10.3 Å². The Morgan fingerprint density at radius 1 is 1.07 bits per heavy atom. The van der Waals surface area contributed by atoms with Crippen LogP contribution in [0.15, 0.2) is 54.7 Å². The first-order chi connectivity index (χ1) is 13.4. The second-order valence-electron chi connectivity index (χ2n) is 7.08. The molecule has 1 amide bonds. The van der Waals surface area contributed by atoms with Crippen LogP contribution in [0.2, 0.25) is 0 Å². The van der Waals surface area contributed by atoms with Crippen LogP contribution in [0.25, 0.3) is 11.3 Å². The third kappa shape index (κ3) is 4.74. The monoisotopic (exact) mass is 375 g/mol. The molecule has 0 radical (unpaired) electrons. The van der Waals surface area contributed by atoms with Crippen molar-refractivity contribution in [3.8, 4) is 11.3 Å². The Morgan fingerprint density at radius 2 is 1.82 bits per heavy atom. The molecule has 5 heteroatoms. The lowest BCUT2D eigenvalue weighted by Gasteiger charge is -2.12. The van der Waals surface area contributed by atoms with E-state index in [1.54, 1.807) is 6.20 Å². The number of ketones is 1. The Hall–Kier alpha value is -3.21. The van der Waals surface area contributed by atoms with Gasteiger partial charge in [-0.2, -0.15) is 0 Å². The van der Waals surface area contributed by atoms with Gasteiger partial charge in [-0.3, -0.25) is 9.59 Å². The van der Waals surface area contributed by atoms with E-state index in [4.69, 9.17) is 0 Å². The van der Waals surface area contributed by atoms with Gasteiger partial charge in [0.25, 0.3) is 0 Å². The molecule has 5 nitrogen and oxygen atoms in total. The van der Waals surface area contributed by atoms with Gasteiger partial charge in [-0.1, -0.05) is 48.0 Å². The SMILES string of the molecule is Cc1ccc(C)c(C(=O)CCC(=O)NC(C)c2ncc(-c3ccccc3)[nH]2)c1. The second kappa shape index (κ2) is 8.65. The van der Waals surface area contributed by atoms with E-state index < -0.39 is 0 Å². The summed E-state index contributed by atoms with van der Waals surface area (Å²) in [6.45, 7) is 5.74. The van der Waals surface area contributed by atoms with Crippen molar-refractivity contribution in [2.45, 2.75) is 39.7 Å². The molecule has 144 valence electrons. The molecule has 3 aromatic rings. The molecule has 0 spiro atoms. The highest BCUT2D eigenvalue weighted by atomic mass is 16.2. The first kappa shape index (κ1) is 19.5. The summed E-state index contributed by atoms with van der Waals surface area (Å²) in [5.41, 5.74) is 4.62. The van der Waals surface area contributed by atoms with Crippen molar-refractivity contribution in [1.82, 2.24) is 15.3 Å². The lowest BCUT2D eigenvalue weighted by atomic mass is 9.99. The number of nitrogens with one attached hydrogen (secondary N) is 2. The van der Waals surface area contributed by atoms with Crippen molar-refractivity contribution in [3.63, 3.8) is 0 Å². The van der Waals surface area contributed by atoms with Gasteiger partial charge in [-0.25, -0.2) is 4.98 Å². The number of Topliss-reactive ketones (excluding diaryl/α,β-unsaturated/α-hetero) is 1. The lowest BCUT2D eigenvalue weighted by molar-refractivity contribution is -0.121. The fraction of sp³-hybridized carbons (Fsp3) is 0.261. The topological polar surface area (TPSA) is 74.8 Å². The number of hydrogen-bond donors (Lipinski definition) is 2. The standard InChI is InChI=1S/C23H25N3O2/c1-15-9-10-16(2)19(13-15)21(27)11-12-22(28)25-17(3)23-24-14-20(26-23)18-7-5-4-6-8-18/h4-10,13-14,17H,11-12H2,1-3H3,(H,24,26)(H,25,28). The van der Waals surface area contributed by atoms with E-state index >= 15 is 0 Å². The third-order valence-corrected chi connectivity index (χ3v) is 4.74. The van der Waals surface area contributed by atoms with Gasteiger partial charge in [-0.05, 0) is 38.0 Å². The molecular formula is C23H25N3O2. The molecule has 0 bridgehead atoms. The fourth-order valence-corrected chi connectivity index (χ4v) is 3.10. The molecule has 1 unspecified atom stereocenters. The Morgan fingerprint density at radius 3 is 2.57 bits per heavy atom. The summed E-state index contributed by atoms with van der Waals surface area (Å²) in [6, 6.07) is 15.4. The predicted molar refractivity (Wildman–Crippen MR) is 110 cm³/mol. The molecule has 28 heavy (non-hydrogen) atoms. The normalized spacial score (nSPS) is 11.8. The summed E-state index contributed by atoms with van der Waals surface area (Å²) >= 11 is 0. The van der Waals surface area contributed by atoms with Gasteiger partial charge in [-0.15, -0.1) is 0 Å². The predicted octanol–water partition coefficient (Wildman–Crippen LogP) is 4.53. The van der Waals surface area contributed by atoms with E-state index in [0.29, 0.717) is 11.4 Å². The van der Waals surface area contributed by atoms with Gasteiger partial charge in [0.15, 0.2) is 5.78 Å². The van der Waals surface area contributed by atoms with Crippen LogP contribution >= 0.6 is 0 Å². The molecule has 1 aromatic heterocycles. The number of benzene rings is 2. The van der Waals surface area contributed by atoms with Crippen molar-refractivity contribution in [3.05, 3.63) is 77.2 Å². The van der Waals surface area contributed by atoms with Gasteiger partial charge in [0.05, 0.1) is 17.9 Å². The molecule has 0 aliphatic rings. The van der Waals surface area contributed by atoms with Crippen LogP contribution < -0.4 is 5.32 Å². The van der Waals surface area contributed by atoms with Crippen molar-refractivity contribution in [2.24, 2.45) is 0 Å². The largest absolute Gasteiger partial charge is 0.346 e. The summed E-state index contributed by atoms with van der Waals surface area (Å²) < 4.78 is 0. The zero-order valence-corrected chi connectivity index (χ0v) is 16.5. The summed E-state index contributed by atoms with van der Waals surface area (Å²) in [5.74, 6) is 0.519. The number of carbonyl (C=O) groups excluding carboxylic acids is 2. The average Bonchev–Trinajstić information content (AvgIpc) is 3.19. The fourth-order valence-electron chi connectivity index (χ4n) is 3.10. The zero-order valence-electron chi connectivity index (χ0n) is 16.5. The Bertz CT molecular complexity index is 977. The summed E-state index contributed by atoms with van der Waals surface area (Å²) in [5, 5.41) is 2.91. The number of amides is 1. The first-order valence-corrected chi connectivity index (χ1v) is 9.44. The van der Waals surface area contributed by atoms with E-state index in [2.05, 4.69) is 15.3 Å². The molecule has 0 fully saturated rings. The molecule has 0 aliphatic carbocycles. The maximum Gasteiger partial charge on any atom is 0.221 e. The highest BCUT2D eigenvalue weighted by Gasteiger charge is 2.16. The van der Waals surface area contributed by atoms with Crippen LogP contribution in [0.4, 0.5) is 0 Å². The van der Waals surface area contributed by atoms with Crippen LogP contribution in [0.5, 0.6) is 0 Å². The minimum absolute atomic E-state index is 0.00614. The minimum atomic E-state index is -0.263. The molecule has 0 saturated carbocycles. The molecule has 0 saturated heterocycles. The quantitative estimate of drug-likeness (QED) is 0.596. The average molecular weight is 375 g/mol. The van der Waals surface area contributed by atoms with Crippen molar-refractivity contribution in [1.29, 1.82) is 0 Å². The van der Waals surface area contributed by atoms with Crippen molar-refractivity contribution in [2.75, 3.05) is 0 Å². The summed E-state index contributed by atoms with van der Waals surface area (Å²) in [6.07, 6.45) is 2.11. The summed E-state index contributed by atoms with van der Waals surface area (Å²) in [4.78, 5) is 32.3. The van der Waals surface area contributed by atoms with Gasteiger partial charge in [0, 0.05) is 18.4 Å². The van der Waals surface area contributed by atoms with Crippen LogP contribution in [-0.2, 0) is 4.79 Å². The van der Waals surface area contributed by atoms with Crippen LogP contribution in [-0.4, -0.2) is 21.7 Å². The van der Waals surface area contributed by atoms with Gasteiger partial charge >= 0.3 is 0 Å². The highest BCUT2D eigenvalue weighted by molar-refractivity contribution is 5.99. The van der Waals surface area contributed by atoms with Gasteiger partial charge in [0.2, 0.25) is 5.91 Å². The number of carbonyl (C=O) groups is 2. The maximum absolute atomic E-state index is 12.4. The van der Waals surface area contributed by atoms with E-state index in [1.807, 2.05) is 69.3 Å².